The van der Waals surface area contributed by atoms with Gasteiger partial charge in [-0.1, -0.05) is 0 Å². The van der Waals surface area contributed by atoms with Crippen LogP contribution in [0.25, 0.3) is 0 Å². The van der Waals surface area contributed by atoms with Crippen LogP contribution in [0.15, 0.2) is 0 Å². The lowest BCUT2D eigenvalue weighted by atomic mass is 10.6. The van der Waals surface area contributed by atoms with Gasteiger partial charge in [-0.3, -0.25) is 0 Å². The molecule has 0 aliphatic heterocycles. The molecule has 6 nitrogen and oxygen atoms in total. The van der Waals surface area contributed by atoms with Gasteiger partial charge in [0.2, 0.25) is 6.23 Å². The highest BCUT2D eigenvalue weighted by Gasteiger charge is 2.16. The molecule has 3 N–H and O–H groups in total. The van der Waals surface area contributed by atoms with Gasteiger partial charge in [0.15, 0.2) is 0 Å². The summed E-state index contributed by atoms with van der Waals surface area (Å²) in [5.41, 5.74) is 0. The van der Waals surface area contributed by atoms with Crippen molar-refractivity contribution in [2.75, 3.05) is 14.2 Å². The van der Waals surface area contributed by atoms with E-state index in [2.05, 4.69) is 10.1 Å². The molecule has 11 heavy (non-hydrogen) atoms. The number of amides is 2. The summed E-state index contributed by atoms with van der Waals surface area (Å²) in [4.78, 5) is 20.9. The zero-order valence-electron chi connectivity index (χ0n) is 6.25. The van der Waals surface area contributed by atoms with E-state index in [-0.39, 0.29) is 0 Å². The number of esters is 1. The Balaban J connectivity index is 3.77. The molecule has 0 heterocycles. The van der Waals surface area contributed by atoms with Crippen LogP contribution < -0.4 is 10.6 Å². The number of rotatable bonds is 2. The number of hydrogen-bond donors (Lipinski definition) is 3. The molecular weight excluding hydrogens is 152 g/mol. The fourth-order valence-corrected chi connectivity index (χ4v) is 0.367. The molecule has 0 saturated carbocycles. The molecule has 0 fully saturated rings. The van der Waals surface area contributed by atoms with Gasteiger partial charge < -0.3 is 20.5 Å². The summed E-state index contributed by atoms with van der Waals surface area (Å²) in [6, 6.07) is -0.650. The maximum atomic E-state index is 10.5. The fourth-order valence-electron chi connectivity index (χ4n) is 0.367. The first kappa shape index (κ1) is 9.70. The van der Waals surface area contributed by atoms with Crippen LogP contribution in [-0.4, -0.2) is 37.5 Å². The van der Waals surface area contributed by atoms with Crippen molar-refractivity contribution in [3.05, 3.63) is 0 Å². The Morgan fingerprint density at radius 1 is 1.55 bits per heavy atom. The number of aliphatic hydroxyl groups is 1. The van der Waals surface area contributed by atoms with Crippen LogP contribution in [0, 0.1) is 0 Å². The topological polar surface area (TPSA) is 87.7 Å². The number of ether oxygens (including phenoxy) is 1. The molecule has 0 aromatic carbocycles. The van der Waals surface area contributed by atoms with E-state index in [0.29, 0.717) is 0 Å². The minimum absolute atomic E-state index is 0.650. The van der Waals surface area contributed by atoms with Gasteiger partial charge in [0, 0.05) is 7.05 Å². The number of aliphatic hydroxyl groups excluding tert-OH is 1. The molecule has 0 aliphatic rings. The minimum atomic E-state index is -1.61. The van der Waals surface area contributed by atoms with E-state index in [1.807, 2.05) is 5.32 Å². The summed E-state index contributed by atoms with van der Waals surface area (Å²) in [7, 11) is 2.47. The third kappa shape index (κ3) is 3.41. The molecule has 64 valence electrons. The van der Waals surface area contributed by atoms with Crippen LogP contribution in [0.4, 0.5) is 4.79 Å². The lowest BCUT2D eigenvalue weighted by Crippen LogP contribution is -2.45. The SMILES string of the molecule is CNC(=O)NC(O)C(=O)OC. The molecule has 0 spiro atoms. The Hall–Kier alpha value is -1.30. The average molecular weight is 162 g/mol. The molecule has 1 atom stereocenters. The Morgan fingerprint density at radius 3 is 2.45 bits per heavy atom. The molecular formula is C5H10N2O4. The molecule has 0 radical (unpaired) electrons. The highest BCUT2D eigenvalue weighted by Crippen LogP contribution is 1.80. The third-order valence-corrected chi connectivity index (χ3v) is 0.919. The normalized spacial score (nSPS) is 11.5. The van der Waals surface area contributed by atoms with Gasteiger partial charge in [-0.25, -0.2) is 9.59 Å². The van der Waals surface area contributed by atoms with Crippen LogP contribution in [0.5, 0.6) is 0 Å². The van der Waals surface area contributed by atoms with Gasteiger partial charge in [-0.05, 0) is 0 Å². The van der Waals surface area contributed by atoms with E-state index in [0.717, 1.165) is 7.11 Å². The second-order valence-electron chi connectivity index (χ2n) is 1.65. The first-order chi connectivity index (χ1) is 5.11. The van der Waals surface area contributed by atoms with Crippen LogP contribution in [0.2, 0.25) is 0 Å². The van der Waals surface area contributed by atoms with Crippen molar-refractivity contribution in [2.24, 2.45) is 0 Å². The zero-order valence-corrected chi connectivity index (χ0v) is 6.25. The van der Waals surface area contributed by atoms with E-state index in [1.54, 1.807) is 0 Å². The van der Waals surface area contributed by atoms with Crippen LogP contribution in [-0.2, 0) is 9.53 Å². The van der Waals surface area contributed by atoms with Crippen molar-refractivity contribution >= 4 is 12.0 Å². The monoisotopic (exact) mass is 162 g/mol. The third-order valence-electron chi connectivity index (χ3n) is 0.919. The van der Waals surface area contributed by atoms with Crippen LogP contribution in [0.1, 0.15) is 0 Å². The predicted octanol–water partition coefficient (Wildman–Crippen LogP) is -1.59. The van der Waals surface area contributed by atoms with Crippen LogP contribution in [0.3, 0.4) is 0 Å². The summed E-state index contributed by atoms with van der Waals surface area (Å²) in [6.07, 6.45) is -1.61. The molecule has 1 unspecified atom stereocenters. The van der Waals surface area contributed by atoms with Gasteiger partial charge >= 0.3 is 12.0 Å². The summed E-state index contributed by atoms with van der Waals surface area (Å²) in [5.74, 6) is -0.909. The van der Waals surface area contributed by atoms with Crippen molar-refractivity contribution in [3.63, 3.8) is 0 Å². The Kier molecular flexibility index (Phi) is 3.97. The zero-order chi connectivity index (χ0) is 8.85. The standard InChI is InChI=1S/C5H10N2O4/c1-6-5(10)7-3(8)4(9)11-2/h3,8H,1-2H3,(H2,6,7,10). The lowest BCUT2D eigenvalue weighted by molar-refractivity contribution is -0.151. The van der Waals surface area contributed by atoms with Gasteiger partial charge in [-0.2, -0.15) is 0 Å². The molecule has 0 rings (SSSR count). The molecule has 0 aliphatic carbocycles. The molecule has 0 aromatic rings. The minimum Gasteiger partial charge on any atom is -0.466 e. The molecule has 6 heteroatoms. The maximum Gasteiger partial charge on any atom is 0.356 e. The quantitative estimate of drug-likeness (QED) is 0.337. The highest BCUT2D eigenvalue weighted by atomic mass is 16.5. The van der Waals surface area contributed by atoms with E-state index >= 15 is 0 Å². The first-order valence-corrected chi connectivity index (χ1v) is 2.86. The highest BCUT2D eigenvalue weighted by molar-refractivity contribution is 5.81. The summed E-state index contributed by atoms with van der Waals surface area (Å²) < 4.78 is 4.13. The van der Waals surface area contributed by atoms with Gasteiger partial charge in [0.25, 0.3) is 0 Å². The number of urea groups is 1. The van der Waals surface area contributed by atoms with E-state index < -0.39 is 18.2 Å². The summed E-state index contributed by atoms with van der Waals surface area (Å²) in [6.45, 7) is 0. The lowest BCUT2D eigenvalue weighted by Gasteiger charge is -2.08. The first-order valence-electron chi connectivity index (χ1n) is 2.86. The van der Waals surface area contributed by atoms with E-state index in [4.69, 9.17) is 5.11 Å². The fraction of sp³-hybridized carbons (Fsp3) is 0.600. The summed E-state index contributed by atoms with van der Waals surface area (Å²) >= 11 is 0. The molecule has 2 amide bonds. The summed E-state index contributed by atoms with van der Waals surface area (Å²) in [5, 5.41) is 12.8. The second-order valence-corrected chi connectivity index (χ2v) is 1.65. The molecule has 0 bridgehead atoms. The number of carbonyl (C=O) groups is 2. The largest absolute Gasteiger partial charge is 0.466 e. The Bertz CT molecular complexity index is 159. The maximum absolute atomic E-state index is 10.5. The van der Waals surface area contributed by atoms with Crippen molar-refractivity contribution in [1.82, 2.24) is 10.6 Å². The van der Waals surface area contributed by atoms with Crippen molar-refractivity contribution in [2.45, 2.75) is 6.23 Å². The number of hydrogen-bond acceptors (Lipinski definition) is 4. The van der Waals surface area contributed by atoms with Gasteiger partial charge in [0.1, 0.15) is 0 Å². The number of nitrogens with one attached hydrogen (secondary N) is 2. The second kappa shape index (κ2) is 4.51. The van der Waals surface area contributed by atoms with Crippen molar-refractivity contribution in [1.29, 1.82) is 0 Å². The van der Waals surface area contributed by atoms with Gasteiger partial charge in [0.05, 0.1) is 7.11 Å². The predicted molar refractivity (Wildman–Crippen MR) is 35.6 cm³/mol. The van der Waals surface area contributed by atoms with Crippen LogP contribution >= 0.6 is 0 Å². The smallest absolute Gasteiger partial charge is 0.356 e. The molecule has 0 saturated heterocycles. The van der Waals surface area contributed by atoms with Crippen molar-refractivity contribution in [3.8, 4) is 0 Å². The number of carbonyl (C=O) groups excluding carboxylic acids is 2. The molecule has 0 aromatic heterocycles. The Labute approximate surface area is 63.5 Å². The van der Waals surface area contributed by atoms with Crippen molar-refractivity contribution < 1.29 is 19.4 Å². The van der Waals surface area contributed by atoms with E-state index in [9.17, 15) is 9.59 Å². The van der Waals surface area contributed by atoms with E-state index in [1.165, 1.54) is 7.05 Å². The Morgan fingerprint density at radius 2 is 2.09 bits per heavy atom. The van der Waals surface area contributed by atoms with Gasteiger partial charge in [-0.15, -0.1) is 0 Å². The average Bonchev–Trinajstić information content (AvgIpc) is 2.02. The number of methoxy groups -OCH3 is 1.